The fourth-order valence-electron chi connectivity index (χ4n) is 2.20. The third-order valence-corrected chi connectivity index (χ3v) is 3.29. The Morgan fingerprint density at radius 2 is 1.78 bits per heavy atom. The molecule has 0 atom stereocenters. The van der Waals surface area contributed by atoms with E-state index in [1.54, 1.807) is 12.1 Å². The van der Waals surface area contributed by atoms with Gasteiger partial charge in [0.05, 0.1) is 6.20 Å². The minimum atomic E-state index is -0.279. The van der Waals surface area contributed by atoms with Crippen LogP contribution >= 0.6 is 0 Å². The molecule has 0 aliphatic heterocycles. The molecule has 0 radical (unpaired) electrons. The van der Waals surface area contributed by atoms with Gasteiger partial charge in [0, 0.05) is 17.9 Å². The fraction of sp³-hybridized carbons (Fsp3) is 0.118. The number of anilines is 4. The van der Waals surface area contributed by atoms with Gasteiger partial charge in [-0.3, -0.25) is 0 Å². The Hall–Kier alpha value is -3.02. The van der Waals surface area contributed by atoms with Crippen LogP contribution in [-0.4, -0.2) is 21.7 Å². The second-order valence-corrected chi connectivity index (χ2v) is 4.85. The van der Waals surface area contributed by atoms with E-state index in [2.05, 4.69) is 20.5 Å². The third-order valence-electron chi connectivity index (χ3n) is 3.29. The van der Waals surface area contributed by atoms with Gasteiger partial charge in [-0.25, -0.2) is 4.39 Å². The largest absolute Gasteiger partial charge is 0.339 e. The van der Waals surface area contributed by atoms with Gasteiger partial charge in [0.1, 0.15) is 5.82 Å². The van der Waals surface area contributed by atoms with E-state index in [9.17, 15) is 4.39 Å². The van der Waals surface area contributed by atoms with Crippen LogP contribution in [0.3, 0.4) is 0 Å². The lowest BCUT2D eigenvalue weighted by molar-refractivity contribution is 0.628. The van der Waals surface area contributed by atoms with Gasteiger partial charge in [-0.05, 0) is 43.3 Å². The van der Waals surface area contributed by atoms with Gasteiger partial charge in [-0.1, -0.05) is 18.2 Å². The summed E-state index contributed by atoms with van der Waals surface area (Å²) in [4.78, 5) is 6.45. The summed E-state index contributed by atoms with van der Waals surface area (Å²) in [5, 5.41) is 11.2. The maximum absolute atomic E-state index is 13.0. The summed E-state index contributed by atoms with van der Waals surface area (Å²) in [6.07, 6.45) is 1.53. The zero-order chi connectivity index (χ0) is 16.1. The van der Waals surface area contributed by atoms with Crippen molar-refractivity contribution in [2.24, 2.45) is 0 Å². The van der Waals surface area contributed by atoms with Gasteiger partial charge >= 0.3 is 0 Å². The number of halogens is 1. The number of hydrogen-bond acceptors (Lipinski definition) is 5. The summed E-state index contributed by atoms with van der Waals surface area (Å²) >= 11 is 0. The number of nitrogens with zero attached hydrogens (tertiary/aromatic N) is 4. The fourth-order valence-corrected chi connectivity index (χ4v) is 2.20. The number of para-hydroxylation sites is 1. The summed E-state index contributed by atoms with van der Waals surface area (Å²) in [5.74, 6) is 0.778. The normalized spacial score (nSPS) is 10.3. The van der Waals surface area contributed by atoms with Gasteiger partial charge in [-0.15, -0.1) is 5.10 Å². The van der Waals surface area contributed by atoms with Crippen molar-refractivity contribution in [3.63, 3.8) is 0 Å². The first-order valence-electron chi connectivity index (χ1n) is 7.31. The molecule has 23 heavy (non-hydrogen) atoms. The van der Waals surface area contributed by atoms with Crippen LogP contribution in [0.1, 0.15) is 6.92 Å². The van der Waals surface area contributed by atoms with E-state index in [1.807, 2.05) is 42.2 Å². The molecule has 0 unspecified atom stereocenters. The van der Waals surface area contributed by atoms with Gasteiger partial charge < -0.3 is 10.2 Å². The molecule has 3 rings (SSSR count). The Kier molecular flexibility index (Phi) is 4.42. The smallest absolute Gasteiger partial charge is 0.251 e. The van der Waals surface area contributed by atoms with Crippen molar-refractivity contribution in [1.82, 2.24) is 15.2 Å². The van der Waals surface area contributed by atoms with Crippen molar-refractivity contribution in [3.8, 4) is 0 Å². The molecule has 116 valence electrons. The van der Waals surface area contributed by atoms with Crippen LogP contribution in [0, 0.1) is 5.82 Å². The molecule has 1 heterocycles. The summed E-state index contributed by atoms with van der Waals surface area (Å²) < 4.78 is 13.0. The second-order valence-electron chi connectivity index (χ2n) is 4.85. The highest BCUT2D eigenvalue weighted by molar-refractivity contribution is 5.60. The number of aromatic nitrogens is 3. The quantitative estimate of drug-likeness (QED) is 0.774. The van der Waals surface area contributed by atoms with Gasteiger partial charge in [0.25, 0.3) is 5.95 Å². The molecule has 3 aromatic rings. The second kappa shape index (κ2) is 6.83. The van der Waals surface area contributed by atoms with Crippen molar-refractivity contribution < 1.29 is 4.39 Å². The number of nitrogens with one attached hydrogen (secondary N) is 1. The summed E-state index contributed by atoms with van der Waals surface area (Å²) in [6.45, 7) is 2.74. The summed E-state index contributed by atoms with van der Waals surface area (Å²) in [6, 6.07) is 15.9. The van der Waals surface area contributed by atoms with E-state index >= 15 is 0 Å². The first kappa shape index (κ1) is 14.9. The molecule has 2 aromatic carbocycles. The Labute approximate surface area is 133 Å². The van der Waals surface area contributed by atoms with E-state index in [4.69, 9.17) is 0 Å². The maximum Gasteiger partial charge on any atom is 0.251 e. The van der Waals surface area contributed by atoms with Crippen LogP contribution in [0.2, 0.25) is 0 Å². The van der Waals surface area contributed by atoms with E-state index in [1.165, 1.54) is 18.3 Å². The van der Waals surface area contributed by atoms with E-state index in [0.717, 1.165) is 11.4 Å². The van der Waals surface area contributed by atoms with Crippen molar-refractivity contribution in [3.05, 3.63) is 66.6 Å². The standard InChI is InChI=1S/C17H16FN5/c1-2-23(15-6-4-3-5-7-15)17-21-16(12-19-22-17)20-14-10-8-13(18)9-11-14/h3-12H,2H2,1H3,(H,20,21,22). The van der Waals surface area contributed by atoms with Gasteiger partial charge in [0.15, 0.2) is 5.82 Å². The molecular weight excluding hydrogens is 293 g/mol. The molecule has 0 spiro atoms. The Bertz CT molecular complexity index is 761. The van der Waals surface area contributed by atoms with Crippen LogP contribution < -0.4 is 10.2 Å². The Morgan fingerprint density at radius 1 is 1.04 bits per heavy atom. The van der Waals surface area contributed by atoms with Crippen LogP contribution in [0.25, 0.3) is 0 Å². The van der Waals surface area contributed by atoms with Crippen molar-refractivity contribution >= 4 is 23.1 Å². The Morgan fingerprint density at radius 3 is 2.48 bits per heavy atom. The van der Waals surface area contributed by atoms with Crippen LogP contribution in [-0.2, 0) is 0 Å². The molecule has 0 aliphatic rings. The molecule has 1 aromatic heterocycles. The molecule has 0 bridgehead atoms. The topological polar surface area (TPSA) is 53.9 Å². The van der Waals surface area contributed by atoms with Crippen molar-refractivity contribution in [2.45, 2.75) is 6.92 Å². The first-order valence-corrected chi connectivity index (χ1v) is 7.31. The molecule has 0 amide bonds. The molecule has 0 aliphatic carbocycles. The maximum atomic E-state index is 13.0. The lowest BCUT2D eigenvalue weighted by atomic mass is 10.3. The van der Waals surface area contributed by atoms with E-state index in [-0.39, 0.29) is 5.82 Å². The van der Waals surface area contributed by atoms with E-state index in [0.29, 0.717) is 18.3 Å². The summed E-state index contributed by atoms with van der Waals surface area (Å²) in [5.41, 5.74) is 1.73. The summed E-state index contributed by atoms with van der Waals surface area (Å²) in [7, 11) is 0. The number of rotatable bonds is 5. The first-order chi connectivity index (χ1) is 11.3. The molecule has 6 heteroatoms. The Balaban J connectivity index is 1.85. The minimum Gasteiger partial charge on any atom is -0.339 e. The molecule has 1 N–H and O–H groups in total. The highest BCUT2D eigenvalue weighted by atomic mass is 19.1. The van der Waals surface area contributed by atoms with Crippen molar-refractivity contribution in [1.29, 1.82) is 0 Å². The van der Waals surface area contributed by atoms with E-state index < -0.39 is 0 Å². The third kappa shape index (κ3) is 3.60. The zero-order valence-corrected chi connectivity index (χ0v) is 12.6. The lowest BCUT2D eigenvalue weighted by Crippen LogP contribution is -2.19. The molecule has 5 nitrogen and oxygen atoms in total. The van der Waals surface area contributed by atoms with Crippen LogP contribution in [0.5, 0.6) is 0 Å². The van der Waals surface area contributed by atoms with Crippen LogP contribution in [0.4, 0.5) is 27.5 Å². The minimum absolute atomic E-state index is 0.279. The average Bonchev–Trinajstić information content (AvgIpc) is 2.59. The number of hydrogen-bond donors (Lipinski definition) is 1. The number of benzene rings is 2. The highest BCUT2D eigenvalue weighted by Crippen LogP contribution is 2.22. The predicted molar refractivity (Wildman–Crippen MR) is 88.6 cm³/mol. The lowest BCUT2D eigenvalue weighted by Gasteiger charge is -2.20. The van der Waals surface area contributed by atoms with Crippen LogP contribution in [0.15, 0.2) is 60.8 Å². The molecule has 0 fully saturated rings. The van der Waals surface area contributed by atoms with Gasteiger partial charge in [0.2, 0.25) is 0 Å². The SMILES string of the molecule is CCN(c1ccccc1)c1nncc(Nc2ccc(F)cc2)n1. The monoisotopic (exact) mass is 309 g/mol. The molecule has 0 saturated heterocycles. The van der Waals surface area contributed by atoms with Gasteiger partial charge in [-0.2, -0.15) is 10.1 Å². The van der Waals surface area contributed by atoms with Crippen molar-refractivity contribution in [2.75, 3.05) is 16.8 Å². The highest BCUT2D eigenvalue weighted by Gasteiger charge is 2.11. The zero-order valence-electron chi connectivity index (χ0n) is 12.6. The predicted octanol–water partition coefficient (Wildman–Crippen LogP) is 3.91. The average molecular weight is 309 g/mol. The molecule has 0 saturated carbocycles. The molecular formula is C17H16FN5.